The average Bonchev–Trinajstić information content (AvgIpc) is 2.59. The molecule has 1 aliphatic heterocycles. The summed E-state index contributed by atoms with van der Waals surface area (Å²) in [6.07, 6.45) is 0. The zero-order valence-electron chi connectivity index (χ0n) is 9.49. The Bertz CT molecular complexity index is 492. The highest BCUT2D eigenvalue weighted by Crippen LogP contribution is 2.25. The summed E-state index contributed by atoms with van der Waals surface area (Å²) < 4.78 is 5.96. The topological polar surface area (TPSA) is 46.6 Å². The molecule has 0 spiro atoms. The van der Waals surface area contributed by atoms with Crippen LogP contribution in [0.25, 0.3) is 0 Å². The first-order valence-corrected chi connectivity index (χ1v) is 6.77. The lowest BCUT2D eigenvalue weighted by Gasteiger charge is -2.13. The van der Waals surface area contributed by atoms with E-state index in [-0.39, 0.29) is 18.4 Å². The summed E-state index contributed by atoms with van der Waals surface area (Å²) in [6.45, 7) is 0.969. The maximum atomic E-state index is 12.0. The summed E-state index contributed by atoms with van der Waals surface area (Å²) in [4.78, 5) is 25.2. The van der Waals surface area contributed by atoms with Crippen LogP contribution in [0.2, 0.25) is 0 Å². The molecule has 1 aromatic carbocycles. The van der Waals surface area contributed by atoms with Gasteiger partial charge in [0, 0.05) is 10.4 Å². The van der Waals surface area contributed by atoms with E-state index < -0.39 is 0 Å². The number of rotatable bonds is 5. The van der Waals surface area contributed by atoms with E-state index in [0.717, 1.165) is 4.47 Å². The first-order chi connectivity index (χ1) is 8.65. The molecule has 0 fully saturated rings. The Morgan fingerprint density at radius 1 is 1.17 bits per heavy atom. The van der Waals surface area contributed by atoms with Crippen LogP contribution in [0.5, 0.6) is 0 Å². The molecular weight excluding hydrogens is 321 g/mol. The number of hydrogen-bond donors (Lipinski definition) is 0. The maximum Gasteiger partial charge on any atom is 0.261 e. The number of halogens is 2. The molecular formula is C12H11BrClNO3. The number of imide groups is 1. The molecule has 6 heteroatoms. The van der Waals surface area contributed by atoms with Crippen molar-refractivity contribution in [1.29, 1.82) is 0 Å². The molecule has 2 amide bonds. The van der Waals surface area contributed by atoms with Crippen LogP contribution in [0.4, 0.5) is 0 Å². The molecule has 1 aliphatic rings. The summed E-state index contributed by atoms with van der Waals surface area (Å²) in [5, 5.41) is 0. The second-order valence-corrected chi connectivity index (χ2v) is 5.05. The molecule has 0 aliphatic carbocycles. The summed E-state index contributed by atoms with van der Waals surface area (Å²) in [5.41, 5.74) is 0.882. The normalized spacial score (nSPS) is 14.2. The largest absolute Gasteiger partial charge is 0.378 e. The van der Waals surface area contributed by atoms with Gasteiger partial charge >= 0.3 is 0 Å². The lowest BCUT2D eigenvalue weighted by molar-refractivity contribution is 0.0576. The van der Waals surface area contributed by atoms with Crippen molar-refractivity contribution in [2.45, 2.75) is 0 Å². The molecule has 4 nitrogen and oxygen atoms in total. The van der Waals surface area contributed by atoms with Crippen LogP contribution in [0.3, 0.4) is 0 Å². The fourth-order valence-electron chi connectivity index (χ4n) is 1.78. The van der Waals surface area contributed by atoms with Gasteiger partial charge in [-0.1, -0.05) is 15.9 Å². The summed E-state index contributed by atoms with van der Waals surface area (Å²) in [6, 6.07) is 5.06. The van der Waals surface area contributed by atoms with Gasteiger partial charge in [0.05, 0.1) is 30.9 Å². The van der Waals surface area contributed by atoms with Crippen molar-refractivity contribution in [3.8, 4) is 0 Å². The van der Waals surface area contributed by atoms with Crippen LogP contribution in [-0.2, 0) is 4.74 Å². The number of hydrogen-bond acceptors (Lipinski definition) is 3. The third-order valence-electron chi connectivity index (χ3n) is 2.61. The van der Waals surface area contributed by atoms with Crippen molar-refractivity contribution in [2.24, 2.45) is 0 Å². The number of carbonyl (C=O) groups excluding carboxylic acids is 2. The smallest absolute Gasteiger partial charge is 0.261 e. The molecule has 0 saturated carbocycles. The van der Waals surface area contributed by atoms with Gasteiger partial charge in [0.15, 0.2) is 0 Å². The van der Waals surface area contributed by atoms with Gasteiger partial charge in [-0.2, -0.15) is 0 Å². The number of carbonyl (C=O) groups is 2. The van der Waals surface area contributed by atoms with Crippen molar-refractivity contribution < 1.29 is 14.3 Å². The number of nitrogens with zero attached hydrogens (tertiary/aromatic N) is 1. The van der Waals surface area contributed by atoms with Gasteiger partial charge in [-0.15, -0.1) is 11.6 Å². The third kappa shape index (κ3) is 2.58. The van der Waals surface area contributed by atoms with Crippen molar-refractivity contribution >= 4 is 39.3 Å². The molecule has 0 atom stereocenters. The Hall–Kier alpha value is -0.910. The lowest BCUT2D eigenvalue weighted by atomic mass is 10.1. The molecule has 1 aromatic rings. The molecule has 0 aromatic heterocycles. The van der Waals surface area contributed by atoms with Crippen LogP contribution in [0.15, 0.2) is 22.7 Å². The van der Waals surface area contributed by atoms with E-state index >= 15 is 0 Å². The second-order valence-electron chi connectivity index (χ2n) is 3.75. The van der Waals surface area contributed by atoms with Gasteiger partial charge in [0.25, 0.3) is 11.8 Å². The van der Waals surface area contributed by atoms with Crippen LogP contribution in [0.1, 0.15) is 20.7 Å². The van der Waals surface area contributed by atoms with E-state index in [1.807, 2.05) is 0 Å². The fourth-order valence-corrected chi connectivity index (χ4v) is 2.25. The Morgan fingerprint density at radius 3 is 2.61 bits per heavy atom. The van der Waals surface area contributed by atoms with E-state index in [0.29, 0.717) is 30.2 Å². The van der Waals surface area contributed by atoms with Gasteiger partial charge in [-0.05, 0) is 18.2 Å². The zero-order chi connectivity index (χ0) is 13.1. The SMILES string of the molecule is O=C1c2ccc(Br)cc2C(=O)N1CCOCCCl. The fraction of sp³-hybridized carbons (Fsp3) is 0.333. The molecule has 18 heavy (non-hydrogen) atoms. The number of amides is 2. The van der Waals surface area contributed by atoms with Gasteiger partial charge in [0.1, 0.15) is 0 Å². The van der Waals surface area contributed by atoms with Gasteiger partial charge in [-0.25, -0.2) is 0 Å². The molecule has 0 N–H and O–H groups in total. The highest BCUT2D eigenvalue weighted by molar-refractivity contribution is 9.10. The average molecular weight is 333 g/mol. The van der Waals surface area contributed by atoms with Crippen molar-refractivity contribution in [1.82, 2.24) is 4.90 Å². The quantitative estimate of drug-likeness (QED) is 0.472. The molecule has 2 rings (SSSR count). The van der Waals surface area contributed by atoms with E-state index in [1.165, 1.54) is 4.90 Å². The third-order valence-corrected chi connectivity index (χ3v) is 3.26. The van der Waals surface area contributed by atoms with Crippen molar-refractivity contribution in [2.75, 3.05) is 25.6 Å². The van der Waals surface area contributed by atoms with Gasteiger partial charge in [0.2, 0.25) is 0 Å². The van der Waals surface area contributed by atoms with E-state index in [2.05, 4.69) is 15.9 Å². The van der Waals surface area contributed by atoms with E-state index in [9.17, 15) is 9.59 Å². The minimum absolute atomic E-state index is 0.251. The predicted octanol–water partition coefficient (Wildman–Crippen LogP) is 2.30. The van der Waals surface area contributed by atoms with Crippen molar-refractivity contribution in [3.05, 3.63) is 33.8 Å². The monoisotopic (exact) mass is 331 g/mol. The number of alkyl halides is 1. The predicted molar refractivity (Wildman–Crippen MR) is 71.0 cm³/mol. The molecule has 0 bridgehead atoms. The number of fused-ring (bicyclic) bond motifs is 1. The van der Waals surface area contributed by atoms with E-state index in [1.54, 1.807) is 18.2 Å². The Balaban J connectivity index is 2.08. The highest BCUT2D eigenvalue weighted by Gasteiger charge is 2.35. The minimum Gasteiger partial charge on any atom is -0.378 e. The van der Waals surface area contributed by atoms with Crippen molar-refractivity contribution in [3.63, 3.8) is 0 Å². The summed E-state index contributed by atoms with van der Waals surface area (Å²) >= 11 is 8.75. The van der Waals surface area contributed by atoms with Crippen LogP contribution < -0.4 is 0 Å². The lowest BCUT2D eigenvalue weighted by Crippen LogP contribution is -2.33. The second kappa shape index (κ2) is 5.82. The van der Waals surface area contributed by atoms with E-state index in [4.69, 9.17) is 16.3 Å². The standard InChI is InChI=1S/C12H11BrClNO3/c13-8-1-2-9-10(7-8)12(17)15(11(9)16)4-6-18-5-3-14/h1-2,7H,3-6H2. The summed E-state index contributed by atoms with van der Waals surface area (Å²) in [7, 11) is 0. The first-order valence-electron chi connectivity index (χ1n) is 5.44. The Kier molecular flexibility index (Phi) is 4.37. The minimum atomic E-state index is -0.272. The van der Waals surface area contributed by atoms with Crippen LogP contribution in [0, 0.1) is 0 Å². The first kappa shape index (κ1) is 13.5. The van der Waals surface area contributed by atoms with Gasteiger partial charge in [-0.3, -0.25) is 14.5 Å². The summed E-state index contributed by atoms with van der Waals surface area (Å²) in [5.74, 6) is -0.141. The van der Waals surface area contributed by atoms with Gasteiger partial charge < -0.3 is 4.74 Å². The highest BCUT2D eigenvalue weighted by atomic mass is 79.9. The molecule has 0 unspecified atom stereocenters. The Morgan fingerprint density at radius 2 is 1.89 bits per heavy atom. The van der Waals surface area contributed by atoms with Crippen LogP contribution in [-0.4, -0.2) is 42.4 Å². The molecule has 0 radical (unpaired) electrons. The molecule has 96 valence electrons. The Labute approximate surface area is 118 Å². The van der Waals surface area contributed by atoms with Crippen LogP contribution >= 0.6 is 27.5 Å². The number of ether oxygens (including phenoxy) is 1. The molecule has 1 heterocycles. The number of benzene rings is 1. The maximum absolute atomic E-state index is 12.0. The zero-order valence-corrected chi connectivity index (χ0v) is 11.8. The molecule has 0 saturated heterocycles.